The van der Waals surface area contributed by atoms with Gasteiger partial charge in [-0.2, -0.15) is 0 Å². The number of para-hydroxylation sites is 1. The molecule has 4 aromatic rings. The summed E-state index contributed by atoms with van der Waals surface area (Å²) in [7, 11) is 3.29. The fourth-order valence-electron chi connectivity index (χ4n) is 2.38. The van der Waals surface area contributed by atoms with E-state index in [4.69, 9.17) is 9.47 Å². The Balaban J connectivity index is 1.61. The van der Waals surface area contributed by atoms with Crippen molar-refractivity contribution in [3.63, 3.8) is 0 Å². The van der Waals surface area contributed by atoms with Crippen LogP contribution >= 0.6 is 22.7 Å². The number of thiazole rings is 1. The number of ether oxygens (including phenoxy) is 2. The molecule has 0 aliphatic carbocycles. The summed E-state index contributed by atoms with van der Waals surface area (Å²) in [4.78, 5) is 4.59. The fraction of sp³-hybridized carbons (Fsp3) is 0.118. The highest BCUT2D eigenvalue weighted by Crippen LogP contribution is 2.35. The van der Waals surface area contributed by atoms with Crippen molar-refractivity contribution in [2.45, 2.75) is 0 Å². The molecule has 6 nitrogen and oxygen atoms in total. The van der Waals surface area contributed by atoms with Gasteiger partial charge in [0.1, 0.15) is 22.0 Å². The first-order chi connectivity index (χ1) is 12.3. The number of fused-ring (bicyclic) bond motifs is 1. The smallest absolute Gasteiger partial charge is 0.212 e. The van der Waals surface area contributed by atoms with Crippen LogP contribution in [0.3, 0.4) is 0 Å². The molecule has 0 unspecified atom stereocenters. The van der Waals surface area contributed by atoms with Crippen molar-refractivity contribution in [2.24, 2.45) is 0 Å². The van der Waals surface area contributed by atoms with E-state index in [1.165, 1.54) is 11.3 Å². The van der Waals surface area contributed by atoms with E-state index in [1.807, 2.05) is 42.5 Å². The van der Waals surface area contributed by atoms with E-state index in [-0.39, 0.29) is 0 Å². The molecule has 8 heteroatoms. The summed E-state index contributed by atoms with van der Waals surface area (Å²) >= 11 is 3.02. The Bertz CT molecular complexity index is 1030. The van der Waals surface area contributed by atoms with E-state index in [0.717, 1.165) is 37.4 Å². The van der Waals surface area contributed by atoms with Gasteiger partial charge in [0.15, 0.2) is 5.13 Å². The van der Waals surface area contributed by atoms with Crippen molar-refractivity contribution >= 4 is 43.2 Å². The van der Waals surface area contributed by atoms with E-state index < -0.39 is 0 Å². The molecule has 0 fully saturated rings. The van der Waals surface area contributed by atoms with Gasteiger partial charge in [0.25, 0.3) is 0 Å². The molecule has 0 saturated heterocycles. The van der Waals surface area contributed by atoms with Crippen LogP contribution in [0.25, 0.3) is 20.8 Å². The van der Waals surface area contributed by atoms with Gasteiger partial charge < -0.3 is 14.8 Å². The average molecular weight is 370 g/mol. The molecular formula is C17H14N4O2S2. The van der Waals surface area contributed by atoms with Crippen LogP contribution < -0.4 is 14.8 Å². The predicted octanol–water partition coefficient (Wildman–Crippen LogP) is 4.58. The first-order valence-corrected chi connectivity index (χ1v) is 9.08. The molecule has 0 bridgehead atoms. The van der Waals surface area contributed by atoms with E-state index in [9.17, 15) is 0 Å². The molecule has 2 aromatic carbocycles. The highest BCUT2D eigenvalue weighted by atomic mass is 32.1. The van der Waals surface area contributed by atoms with Gasteiger partial charge in [-0.25, -0.2) is 4.98 Å². The second kappa shape index (κ2) is 6.66. The summed E-state index contributed by atoms with van der Waals surface area (Å²) in [6, 6.07) is 13.6. The van der Waals surface area contributed by atoms with Crippen LogP contribution in [-0.4, -0.2) is 29.4 Å². The van der Waals surface area contributed by atoms with Crippen molar-refractivity contribution in [1.82, 2.24) is 15.2 Å². The third-order valence-electron chi connectivity index (χ3n) is 3.56. The van der Waals surface area contributed by atoms with Crippen LogP contribution in [0.4, 0.5) is 10.3 Å². The van der Waals surface area contributed by atoms with E-state index in [1.54, 1.807) is 25.6 Å². The van der Waals surface area contributed by atoms with Crippen molar-refractivity contribution in [2.75, 3.05) is 19.5 Å². The Labute approximate surface area is 152 Å². The molecule has 0 aliphatic heterocycles. The molecule has 25 heavy (non-hydrogen) atoms. The SMILES string of the molecule is COc1cccc(-c2nnc(Nc3nc4c(OC)cccc4s3)s2)c1. The van der Waals surface area contributed by atoms with Crippen LogP contribution in [0.5, 0.6) is 11.5 Å². The lowest BCUT2D eigenvalue weighted by molar-refractivity contribution is 0.415. The minimum atomic E-state index is 0.691. The first-order valence-electron chi connectivity index (χ1n) is 7.45. The number of hydrogen-bond acceptors (Lipinski definition) is 8. The summed E-state index contributed by atoms with van der Waals surface area (Å²) in [6.45, 7) is 0. The van der Waals surface area contributed by atoms with Crippen molar-refractivity contribution in [3.05, 3.63) is 42.5 Å². The molecule has 0 spiro atoms. The van der Waals surface area contributed by atoms with Crippen LogP contribution in [0.2, 0.25) is 0 Å². The molecule has 0 atom stereocenters. The Morgan fingerprint density at radius 2 is 1.80 bits per heavy atom. The number of anilines is 2. The van der Waals surface area contributed by atoms with Crippen LogP contribution in [0, 0.1) is 0 Å². The molecule has 2 heterocycles. The van der Waals surface area contributed by atoms with Gasteiger partial charge in [-0.05, 0) is 24.3 Å². The Kier molecular flexibility index (Phi) is 4.21. The molecule has 1 N–H and O–H groups in total. The Hall–Kier alpha value is -2.71. The summed E-state index contributed by atoms with van der Waals surface area (Å²) in [5.74, 6) is 1.55. The van der Waals surface area contributed by atoms with E-state index in [0.29, 0.717) is 5.13 Å². The van der Waals surface area contributed by atoms with Crippen LogP contribution in [-0.2, 0) is 0 Å². The summed E-state index contributed by atoms with van der Waals surface area (Å²) in [6.07, 6.45) is 0. The summed E-state index contributed by atoms with van der Waals surface area (Å²) in [5.41, 5.74) is 1.81. The lowest BCUT2D eigenvalue weighted by Crippen LogP contribution is -1.88. The standard InChI is InChI=1S/C17H14N4O2S2/c1-22-11-6-3-5-10(9-11)15-20-21-17(25-15)19-16-18-14-12(23-2)7-4-8-13(14)24-16/h3-9H,1-2H3,(H,18,19,21). The number of hydrogen-bond donors (Lipinski definition) is 1. The Morgan fingerprint density at radius 3 is 2.64 bits per heavy atom. The second-order valence-corrected chi connectivity index (χ2v) is 7.10. The van der Waals surface area contributed by atoms with Crippen LogP contribution in [0.15, 0.2) is 42.5 Å². The number of nitrogens with zero attached hydrogens (tertiary/aromatic N) is 3. The summed E-state index contributed by atoms with van der Waals surface area (Å²) in [5, 5.41) is 14.0. The third-order valence-corrected chi connectivity index (χ3v) is 5.38. The average Bonchev–Trinajstić information content (AvgIpc) is 3.28. The highest BCUT2D eigenvalue weighted by Gasteiger charge is 2.12. The number of aromatic nitrogens is 3. The zero-order valence-electron chi connectivity index (χ0n) is 13.5. The monoisotopic (exact) mass is 370 g/mol. The van der Waals surface area contributed by atoms with Crippen molar-refractivity contribution < 1.29 is 9.47 Å². The first kappa shape index (κ1) is 15.8. The van der Waals surface area contributed by atoms with Gasteiger partial charge in [0.05, 0.1) is 18.9 Å². The van der Waals surface area contributed by atoms with E-state index >= 15 is 0 Å². The molecule has 0 aliphatic rings. The minimum Gasteiger partial charge on any atom is -0.497 e. The third kappa shape index (κ3) is 3.13. The maximum Gasteiger partial charge on any atom is 0.212 e. The zero-order valence-corrected chi connectivity index (χ0v) is 15.1. The molecule has 0 radical (unpaired) electrons. The Morgan fingerprint density at radius 1 is 0.920 bits per heavy atom. The molecular weight excluding hydrogens is 356 g/mol. The normalized spacial score (nSPS) is 10.8. The minimum absolute atomic E-state index is 0.691. The quantitative estimate of drug-likeness (QED) is 0.555. The maximum absolute atomic E-state index is 5.35. The number of methoxy groups -OCH3 is 2. The predicted molar refractivity (Wildman–Crippen MR) is 101 cm³/mol. The number of benzene rings is 2. The van der Waals surface area contributed by atoms with Gasteiger partial charge in [0, 0.05) is 5.56 Å². The molecule has 126 valence electrons. The molecule has 0 amide bonds. The van der Waals surface area contributed by atoms with Gasteiger partial charge >= 0.3 is 0 Å². The lowest BCUT2D eigenvalue weighted by Gasteiger charge is -2.00. The number of nitrogens with one attached hydrogen (secondary N) is 1. The topological polar surface area (TPSA) is 69.2 Å². The van der Waals surface area contributed by atoms with Gasteiger partial charge in [-0.1, -0.05) is 40.9 Å². The number of rotatable bonds is 5. The van der Waals surface area contributed by atoms with Gasteiger partial charge in [-0.15, -0.1) is 10.2 Å². The van der Waals surface area contributed by atoms with Crippen molar-refractivity contribution in [1.29, 1.82) is 0 Å². The zero-order chi connectivity index (χ0) is 17.2. The summed E-state index contributed by atoms with van der Waals surface area (Å²) < 4.78 is 11.7. The fourth-order valence-corrected chi connectivity index (χ4v) is 4.07. The van der Waals surface area contributed by atoms with Gasteiger partial charge in [0.2, 0.25) is 5.13 Å². The lowest BCUT2D eigenvalue weighted by atomic mass is 10.2. The molecule has 4 rings (SSSR count). The highest BCUT2D eigenvalue weighted by molar-refractivity contribution is 7.23. The van der Waals surface area contributed by atoms with Gasteiger partial charge in [-0.3, -0.25) is 0 Å². The van der Waals surface area contributed by atoms with Crippen molar-refractivity contribution in [3.8, 4) is 22.1 Å². The maximum atomic E-state index is 5.35. The molecule has 0 saturated carbocycles. The van der Waals surface area contributed by atoms with E-state index in [2.05, 4.69) is 20.5 Å². The largest absolute Gasteiger partial charge is 0.497 e. The second-order valence-electron chi connectivity index (χ2n) is 5.10. The molecule has 2 aromatic heterocycles. The van der Waals surface area contributed by atoms with Crippen LogP contribution in [0.1, 0.15) is 0 Å².